The summed E-state index contributed by atoms with van der Waals surface area (Å²) < 4.78 is 0. The lowest BCUT2D eigenvalue weighted by Crippen LogP contribution is -2.61. The molecule has 1 aliphatic heterocycles. The van der Waals surface area contributed by atoms with Crippen LogP contribution in [0.4, 0.5) is 0 Å². The molecular formula is C15H31N3. The van der Waals surface area contributed by atoms with Gasteiger partial charge in [-0.15, -0.1) is 0 Å². The number of rotatable bonds is 4. The van der Waals surface area contributed by atoms with Gasteiger partial charge in [0.2, 0.25) is 0 Å². The van der Waals surface area contributed by atoms with Crippen LogP contribution in [0, 0.1) is 5.92 Å². The molecule has 3 unspecified atom stereocenters. The van der Waals surface area contributed by atoms with Crippen LogP contribution >= 0.6 is 0 Å². The van der Waals surface area contributed by atoms with Crippen molar-refractivity contribution < 1.29 is 0 Å². The van der Waals surface area contributed by atoms with Gasteiger partial charge in [-0.25, -0.2) is 0 Å². The molecule has 0 spiro atoms. The molecule has 0 aromatic rings. The second-order valence-corrected chi connectivity index (χ2v) is 6.51. The van der Waals surface area contributed by atoms with Gasteiger partial charge in [0.15, 0.2) is 0 Å². The number of likely N-dealkylation sites (tertiary alicyclic amines) is 1. The van der Waals surface area contributed by atoms with Crippen LogP contribution in [0.5, 0.6) is 0 Å². The Kier molecular flexibility index (Phi) is 4.68. The Hall–Kier alpha value is -0.120. The molecule has 1 saturated carbocycles. The molecule has 1 saturated heterocycles. The van der Waals surface area contributed by atoms with Crippen molar-refractivity contribution in [2.75, 3.05) is 33.7 Å². The van der Waals surface area contributed by atoms with E-state index in [0.29, 0.717) is 5.54 Å². The van der Waals surface area contributed by atoms with Crippen LogP contribution in [-0.2, 0) is 0 Å². The van der Waals surface area contributed by atoms with Crippen LogP contribution in [0.1, 0.15) is 45.4 Å². The van der Waals surface area contributed by atoms with Crippen molar-refractivity contribution in [1.29, 1.82) is 0 Å². The molecule has 0 aromatic heterocycles. The maximum atomic E-state index is 6.23. The van der Waals surface area contributed by atoms with Crippen LogP contribution < -0.4 is 5.73 Å². The Bertz CT molecular complexity index is 266. The van der Waals surface area contributed by atoms with E-state index in [2.05, 4.69) is 30.8 Å². The summed E-state index contributed by atoms with van der Waals surface area (Å²) in [6, 6.07) is 0.722. The minimum absolute atomic E-state index is 0.323. The van der Waals surface area contributed by atoms with Crippen molar-refractivity contribution >= 4 is 0 Å². The van der Waals surface area contributed by atoms with Crippen molar-refractivity contribution in [2.24, 2.45) is 11.7 Å². The first-order valence-corrected chi connectivity index (χ1v) is 7.75. The molecule has 1 aliphatic carbocycles. The molecule has 1 heterocycles. The predicted octanol–water partition coefficient (Wildman–Crippen LogP) is 1.92. The van der Waals surface area contributed by atoms with Crippen LogP contribution in [0.3, 0.4) is 0 Å². The third-order valence-corrected chi connectivity index (χ3v) is 5.53. The number of hydrogen-bond donors (Lipinski definition) is 1. The van der Waals surface area contributed by atoms with Gasteiger partial charge in [0, 0.05) is 24.7 Å². The summed E-state index contributed by atoms with van der Waals surface area (Å²) in [4.78, 5) is 5.15. The maximum Gasteiger partial charge on any atom is 0.0360 e. The third-order valence-electron chi connectivity index (χ3n) is 5.53. The highest BCUT2D eigenvalue weighted by molar-refractivity contribution is 5.03. The summed E-state index contributed by atoms with van der Waals surface area (Å²) in [5, 5.41) is 0. The van der Waals surface area contributed by atoms with Gasteiger partial charge in [-0.3, -0.25) is 4.90 Å². The number of likely N-dealkylation sites (N-methyl/N-ethyl adjacent to an activating group) is 1. The van der Waals surface area contributed by atoms with Gasteiger partial charge in [0.25, 0.3) is 0 Å². The number of nitrogens with two attached hydrogens (primary N) is 1. The predicted molar refractivity (Wildman–Crippen MR) is 77.7 cm³/mol. The number of hydrogen-bond acceptors (Lipinski definition) is 3. The lowest BCUT2D eigenvalue weighted by Gasteiger charge is -2.49. The summed E-state index contributed by atoms with van der Waals surface area (Å²) in [7, 11) is 4.43. The topological polar surface area (TPSA) is 32.5 Å². The van der Waals surface area contributed by atoms with Crippen LogP contribution in [0.2, 0.25) is 0 Å². The zero-order chi connectivity index (χ0) is 13.2. The highest BCUT2D eigenvalue weighted by Gasteiger charge is 2.46. The van der Waals surface area contributed by atoms with Crippen molar-refractivity contribution in [3.05, 3.63) is 0 Å². The molecule has 0 aromatic carbocycles. The first-order valence-electron chi connectivity index (χ1n) is 7.75. The Labute approximate surface area is 113 Å². The summed E-state index contributed by atoms with van der Waals surface area (Å²) >= 11 is 0. The van der Waals surface area contributed by atoms with Crippen LogP contribution in [-0.4, -0.2) is 55.1 Å². The zero-order valence-electron chi connectivity index (χ0n) is 12.5. The van der Waals surface area contributed by atoms with Gasteiger partial charge in [-0.2, -0.15) is 0 Å². The fourth-order valence-corrected chi connectivity index (χ4v) is 4.31. The van der Waals surface area contributed by atoms with E-state index in [0.717, 1.165) is 18.5 Å². The Morgan fingerprint density at radius 2 is 2.06 bits per heavy atom. The van der Waals surface area contributed by atoms with E-state index in [-0.39, 0.29) is 0 Å². The summed E-state index contributed by atoms with van der Waals surface area (Å²) in [6.07, 6.45) is 8.06. The normalized spacial score (nSPS) is 38.5. The van der Waals surface area contributed by atoms with Gasteiger partial charge >= 0.3 is 0 Å². The van der Waals surface area contributed by atoms with Crippen molar-refractivity contribution in [1.82, 2.24) is 9.80 Å². The molecule has 0 amide bonds. The average Bonchev–Trinajstić information content (AvgIpc) is 2.82. The zero-order valence-corrected chi connectivity index (χ0v) is 12.5. The molecule has 0 bridgehead atoms. The van der Waals surface area contributed by atoms with Gasteiger partial charge < -0.3 is 10.6 Å². The minimum atomic E-state index is 0.323. The quantitative estimate of drug-likeness (QED) is 0.831. The van der Waals surface area contributed by atoms with E-state index >= 15 is 0 Å². The van der Waals surface area contributed by atoms with E-state index in [4.69, 9.17) is 5.73 Å². The maximum absolute atomic E-state index is 6.23. The molecule has 18 heavy (non-hydrogen) atoms. The Balaban J connectivity index is 2.12. The molecule has 2 N–H and O–H groups in total. The van der Waals surface area contributed by atoms with E-state index in [1.807, 2.05) is 0 Å². The lowest BCUT2D eigenvalue weighted by atomic mass is 9.81. The lowest BCUT2D eigenvalue weighted by molar-refractivity contribution is 0.00981. The summed E-state index contributed by atoms with van der Waals surface area (Å²) in [5.74, 6) is 0.823. The van der Waals surface area contributed by atoms with Gasteiger partial charge in [0.05, 0.1) is 0 Å². The van der Waals surface area contributed by atoms with E-state index < -0.39 is 0 Å². The van der Waals surface area contributed by atoms with Crippen LogP contribution in [0.15, 0.2) is 0 Å². The second-order valence-electron chi connectivity index (χ2n) is 6.51. The fraction of sp³-hybridized carbons (Fsp3) is 1.00. The van der Waals surface area contributed by atoms with Gasteiger partial charge in [-0.05, 0) is 52.2 Å². The molecule has 2 aliphatic rings. The highest BCUT2D eigenvalue weighted by Crippen LogP contribution is 2.42. The fourth-order valence-electron chi connectivity index (χ4n) is 4.31. The molecule has 2 rings (SSSR count). The average molecular weight is 253 g/mol. The molecule has 3 atom stereocenters. The van der Waals surface area contributed by atoms with Gasteiger partial charge in [0.1, 0.15) is 0 Å². The van der Waals surface area contributed by atoms with Gasteiger partial charge in [-0.1, -0.05) is 19.8 Å². The summed E-state index contributed by atoms with van der Waals surface area (Å²) in [6.45, 7) is 5.68. The third kappa shape index (κ3) is 2.45. The largest absolute Gasteiger partial charge is 0.329 e. The number of piperidine rings is 1. The Morgan fingerprint density at radius 1 is 1.28 bits per heavy atom. The van der Waals surface area contributed by atoms with Crippen LogP contribution in [0.25, 0.3) is 0 Å². The molecule has 3 nitrogen and oxygen atoms in total. The van der Waals surface area contributed by atoms with Crippen molar-refractivity contribution in [3.8, 4) is 0 Å². The van der Waals surface area contributed by atoms with E-state index in [9.17, 15) is 0 Å². The Morgan fingerprint density at radius 3 is 2.67 bits per heavy atom. The first-order chi connectivity index (χ1) is 8.64. The highest BCUT2D eigenvalue weighted by atomic mass is 15.3. The second kappa shape index (κ2) is 5.89. The number of nitrogens with zero attached hydrogens (tertiary/aromatic N) is 2. The van der Waals surface area contributed by atoms with E-state index in [1.165, 1.54) is 51.6 Å². The smallest absolute Gasteiger partial charge is 0.0360 e. The minimum Gasteiger partial charge on any atom is -0.329 e. The molecule has 106 valence electrons. The SMILES string of the molecule is CCC1CCCC1(CN)N1CCCC(N(C)C)C1. The molecule has 3 heteroatoms. The molecule has 2 fully saturated rings. The first kappa shape index (κ1) is 14.3. The van der Waals surface area contributed by atoms with Crippen molar-refractivity contribution in [2.45, 2.75) is 57.0 Å². The summed E-state index contributed by atoms with van der Waals surface area (Å²) in [5.41, 5.74) is 6.55. The molecule has 0 radical (unpaired) electrons. The standard InChI is InChI=1S/C15H31N3/c1-4-13-7-5-9-15(13,12-16)18-10-6-8-14(11-18)17(2)3/h13-14H,4-12,16H2,1-3H3. The molecular weight excluding hydrogens is 222 g/mol. The van der Waals surface area contributed by atoms with Crippen molar-refractivity contribution in [3.63, 3.8) is 0 Å². The van der Waals surface area contributed by atoms with E-state index in [1.54, 1.807) is 0 Å². The monoisotopic (exact) mass is 253 g/mol.